The lowest BCUT2D eigenvalue weighted by Crippen LogP contribution is -2.35. The van der Waals surface area contributed by atoms with Crippen molar-refractivity contribution in [3.05, 3.63) is 58.6 Å². The largest absolute Gasteiger partial charge is 0.399 e. The number of hydrogen-bond acceptors (Lipinski definition) is 3. The molecule has 22 heavy (non-hydrogen) atoms. The van der Waals surface area contributed by atoms with E-state index in [9.17, 15) is 4.79 Å². The molecule has 114 valence electrons. The standard InChI is InChI=1S/C17H18ClN3O/c1-20-8-9-21(16-5-3-2-4-12(16)11-20)17(22)14-7-6-13(19)10-15(14)18/h2-7,10H,8-9,11,19H2,1H3. The Balaban J connectivity index is 2.02. The SMILES string of the molecule is CN1CCN(C(=O)c2ccc(N)cc2Cl)c2ccccc2C1. The van der Waals surface area contributed by atoms with Gasteiger partial charge in [0, 0.05) is 31.0 Å². The summed E-state index contributed by atoms with van der Waals surface area (Å²) in [5, 5.41) is 0.389. The minimum Gasteiger partial charge on any atom is -0.399 e. The molecule has 2 aromatic carbocycles. The zero-order valence-corrected chi connectivity index (χ0v) is 13.2. The van der Waals surface area contributed by atoms with Gasteiger partial charge in [0.25, 0.3) is 5.91 Å². The van der Waals surface area contributed by atoms with Crippen LogP contribution in [0.4, 0.5) is 11.4 Å². The van der Waals surface area contributed by atoms with Crippen molar-refractivity contribution in [2.75, 3.05) is 30.8 Å². The van der Waals surface area contributed by atoms with Crippen LogP contribution in [0.2, 0.25) is 5.02 Å². The first-order valence-corrected chi connectivity index (χ1v) is 7.57. The number of benzene rings is 2. The molecule has 0 spiro atoms. The molecule has 0 radical (unpaired) electrons. The van der Waals surface area contributed by atoms with Gasteiger partial charge in [-0.3, -0.25) is 4.79 Å². The lowest BCUT2D eigenvalue weighted by molar-refractivity contribution is 0.0986. The third-order valence-corrected chi connectivity index (χ3v) is 4.21. The highest BCUT2D eigenvalue weighted by atomic mass is 35.5. The van der Waals surface area contributed by atoms with Crippen molar-refractivity contribution < 1.29 is 4.79 Å². The fourth-order valence-electron chi connectivity index (χ4n) is 2.73. The summed E-state index contributed by atoms with van der Waals surface area (Å²) < 4.78 is 0. The quantitative estimate of drug-likeness (QED) is 0.823. The molecule has 0 aliphatic carbocycles. The second kappa shape index (κ2) is 5.99. The van der Waals surface area contributed by atoms with E-state index in [0.29, 0.717) is 22.8 Å². The average molecular weight is 316 g/mol. The molecule has 3 rings (SSSR count). The van der Waals surface area contributed by atoms with Gasteiger partial charge in [-0.15, -0.1) is 0 Å². The van der Waals surface area contributed by atoms with Crippen molar-refractivity contribution in [2.45, 2.75) is 6.54 Å². The van der Waals surface area contributed by atoms with Crippen molar-refractivity contribution >= 4 is 28.9 Å². The van der Waals surface area contributed by atoms with Gasteiger partial charge < -0.3 is 15.5 Å². The Kier molecular flexibility index (Phi) is 4.05. The predicted molar refractivity (Wildman–Crippen MR) is 90.3 cm³/mol. The van der Waals surface area contributed by atoms with Crippen LogP contribution in [-0.4, -0.2) is 30.9 Å². The molecule has 0 bridgehead atoms. The van der Waals surface area contributed by atoms with Crippen molar-refractivity contribution in [3.8, 4) is 0 Å². The maximum Gasteiger partial charge on any atom is 0.259 e. The predicted octanol–water partition coefficient (Wildman–Crippen LogP) is 3.01. The van der Waals surface area contributed by atoms with Crippen LogP contribution in [0, 0.1) is 0 Å². The number of nitrogens with two attached hydrogens (primary N) is 1. The molecule has 0 fully saturated rings. The molecule has 2 N–H and O–H groups in total. The Bertz CT molecular complexity index is 717. The van der Waals surface area contributed by atoms with E-state index in [4.69, 9.17) is 17.3 Å². The van der Waals surface area contributed by atoms with Gasteiger partial charge in [0.15, 0.2) is 0 Å². The third kappa shape index (κ3) is 2.80. The minimum absolute atomic E-state index is 0.0900. The smallest absolute Gasteiger partial charge is 0.259 e. The number of anilines is 2. The number of rotatable bonds is 1. The fraction of sp³-hybridized carbons (Fsp3) is 0.235. The highest BCUT2D eigenvalue weighted by Crippen LogP contribution is 2.28. The number of para-hydroxylation sites is 1. The molecule has 0 unspecified atom stereocenters. The molecule has 0 aromatic heterocycles. The maximum absolute atomic E-state index is 12.9. The zero-order valence-electron chi connectivity index (χ0n) is 12.4. The average Bonchev–Trinajstić information content (AvgIpc) is 2.65. The van der Waals surface area contributed by atoms with Crippen LogP contribution in [0.15, 0.2) is 42.5 Å². The van der Waals surface area contributed by atoms with Gasteiger partial charge in [0.05, 0.1) is 10.6 Å². The Morgan fingerprint density at radius 1 is 1.18 bits per heavy atom. The monoisotopic (exact) mass is 315 g/mol. The van der Waals surface area contributed by atoms with Crippen LogP contribution in [0.3, 0.4) is 0 Å². The van der Waals surface area contributed by atoms with Gasteiger partial charge >= 0.3 is 0 Å². The van der Waals surface area contributed by atoms with Gasteiger partial charge in [-0.1, -0.05) is 29.8 Å². The Morgan fingerprint density at radius 2 is 1.95 bits per heavy atom. The van der Waals surface area contributed by atoms with E-state index in [1.165, 1.54) is 0 Å². The second-order valence-electron chi connectivity index (χ2n) is 5.56. The van der Waals surface area contributed by atoms with Crippen LogP contribution in [-0.2, 0) is 6.54 Å². The molecule has 5 heteroatoms. The van der Waals surface area contributed by atoms with Crippen LogP contribution in [0.5, 0.6) is 0 Å². The fourth-order valence-corrected chi connectivity index (χ4v) is 3.00. The summed E-state index contributed by atoms with van der Waals surface area (Å²) in [4.78, 5) is 16.9. The summed E-state index contributed by atoms with van der Waals surface area (Å²) in [6, 6.07) is 13.0. The summed E-state index contributed by atoms with van der Waals surface area (Å²) in [5.41, 5.74) is 8.83. The van der Waals surface area contributed by atoms with Gasteiger partial charge in [0.2, 0.25) is 0 Å². The third-order valence-electron chi connectivity index (χ3n) is 3.90. The maximum atomic E-state index is 12.9. The molecule has 4 nitrogen and oxygen atoms in total. The normalized spacial score (nSPS) is 15.3. The molecule has 1 aliphatic rings. The molecule has 0 saturated heterocycles. The van der Waals surface area contributed by atoms with E-state index in [2.05, 4.69) is 18.0 Å². The van der Waals surface area contributed by atoms with E-state index < -0.39 is 0 Å². The van der Waals surface area contributed by atoms with Crippen LogP contribution < -0.4 is 10.6 Å². The number of amides is 1. The van der Waals surface area contributed by atoms with Crippen molar-refractivity contribution in [1.82, 2.24) is 4.90 Å². The summed E-state index contributed by atoms with van der Waals surface area (Å²) in [6.07, 6.45) is 0. The van der Waals surface area contributed by atoms with Gasteiger partial charge in [0.1, 0.15) is 0 Å². The Labute approximate surface area is 135 Å². The van der Waals surface area contributed by atoms with Crippen molar-refractivity contribution in [2.24, 2.45) is 0 Å². The lowest BCUT2D eigenvalue weighted by atomic mass is 10.1. The number of halogens is 1. The van der Waals surface area contributed by atoms with Crippen LogP contribution in [0.25, 0.3) is 0 Å². The number of carbonyl (C=O) groups is 1. The van der Waals surface area contributed by atoms with E-state index in [0.717, 1.165) is 24.3 Å². The Hall–Kier alpha value is -2.04. The van der Waals surface area contributed by atoms with Crippen molar-refractivity contribution in [1.29, 1.82) is 0 Å². The minimum atomic E-state index is -0.0900. The van der Waals surface area contributed by atoms with Crippen molar-refractivity contribution in [3.63, 3.8) is 0 Å². The number of fused-ring (bicyclic) bond motifs is 1. The number of nitrogen functional groups attached to an aromatic ring is 1. The summed E-state index contributed by atoms with van der Waals surface area (Å²) in [5.74, 6) is -0.0900. The number of carbonyl (C=O) groups excluding carboxylic acids is 1. The molecule has 0 saturated carbocycles. The first-order valence-electron chi connectivity index (χ1n) is 7.19. The molecule has 1 aliphatic heterocycles. The van der Waals surface area contributed by atoms with E-state index in [-0.39, 0.29) is 5.91 Å². The van der Waals surface area contributed by atoms with Gasteiger partial charge in [-0.05, 0) is 36.9 Å². The topological polar surface area (TPSA) is 49.6 Å². The molecule has 1 heterocycles. The van der Waals surface area contributed by atoms with Crippen LogP contribution >= 0.6 is 11.6 Å². The summed E-state index contributed by atoms with van der Waals surface area (Å²) in [6.45, 7) is 2.27. The van der Waals surface area contributed by atoms with E-state index in [1.54, 1.807) is 23.1 Å². The molecule has 0 atom stereocenters. The first-order chi connectivity index (χ1) is 10.6. The molecule has 1 amide bonds. The Morgan fingerprint density at radius 3 is 2.73 bits per heavy atom. The number of hydrogen-bond donors (Lipinski definition) is 1. The van der Waals surface area contributed by atoms with Crippen LogP contribution in [0.1, 0.15) is 15.9 Å². The zero-order chi connectivity index (χ0) is 15.7. The summed E-state index contributed by atoms with van der Waals surface area (Å²) in [7, 11) is 2.06. The van der Waals surface area contributed by atoms with Gasteiger partial charge in [-0.2, -0.15) is 0 Å². The lowest BCUT2D eigenvalue weighted by Gasteiger charge is -2.23. The van der Waals surface area contributed by atoms with E-state index >= 15 is 0 Å². The highest BCUT2D eigenvalue weighted by molar-refractivity contribution is 6.34. The molecule has 2 aromatic rings. The number of nitrogens with zero attached hydrogens (tertiary/aromatic N) is 2. The second-order valence-corrected chi connectivity index (χ2v) is 5.97. The highest BCUT2D eigenvalue weighted by Gasteiger charge is 2.25. The molecular formula is C17H18ClN3O. The van der Waals surface area contributed by atoms with Gasteiger partial charge in [-0.25, -0.2) is 0 Å². The summed E-state index contributed by atoms with van der Waals surface area (Å²) >= 11 is 6.20. The first kappa shape index (κ1) is 14.9. The van der Waals surface area contributed by atoms with E-state index in [1.807, 2.05) is 18.2 Å². The number of likely N-dealkylation sites (N-methyl/N-ethyl adjacent to an activating group) is 1. The molecular weight excluding hydrogens is 298 g/mol.